The maximum absolute atomic E-state index is 10.7. The number of hydrogen-bond acceptors (Lipinski definition) is 2. The summed E-state index contributed by atoms with van der Waals surface area (Å²) in [4.78, 5) is 10.7. The summed E-state index contributed by atoms with van der Waals surface area (Å²) >= 11 is 1.82. The van der Waals surface area contributed by atoms with Gasteiger partial charge in [-0.15, -0.1) is 0 Å². The van der Waals surface area contributed by atoms with Crippen molar-refractivity contribution in [3.8, 4) is 0 Å². The molecular formula is C10H18OS. The summed E-state index contributed by atoms with van der Waals surface area (Å²) in [6, 6.07) is 0. The molecule has 0 aromatic carbocycles. The van der Waals surface area contributed by atoms with Gasteiger partial charge in [-0.2, -0.15) is 11.8 Å². The molecule has 1 aliphatic rings. The average Bonchev–Trinajstić information content (AvgIpc) is 2.05. The van der Waals surface area contributed by atoms with Crippen LogP contribution in [0.3, 0.4) is 0 Å². The Morgan fingerprint density at radius 2 is 2.00 bits per heavy atom. The third-order valence-electron chi connectivity index (χ3n) is 2.38. The molecule has 0 N–H and O–H groups in total. The summed E-state index contributed by atoms with van der Waals surface area (Å²) in [5.41, 5.74) is 0. The van der Waals surface area contributed by atoms with Gasteiger partial charge in [0.25, 0.3) is 0 Å². The summed E-state index contributed by atoms with van der Waals surface area (Å²) in [6.07, 6.45) is 7.03. The molecule has 0 unspecified atom stereocenters. The van der Waals surface area contributed by atoms with E-state index in [1.54, 1.807) is 6.92 Å². The first-order chi connectivity index (χ1) is 5.79. The molecule has 1 fully saturated rings. The molecule has 0 aromatic rings. The molecule has 0 amide bonds. The van der Waals surface area contributed by atoms with Crippen LogP contribution in [-0.2, 0) is 4.79 Å². The Hall–Kier alpha value is 0.0200. The molecule has 0 aromatic heterocycles. The Balaban J connectivity index is 2.01. The van der Waals surface area contributed by atoms with Crippen LogP contribution in [0.1, 0.15) is 39.0 Å². The average molecular weight is 186 g/mol. The quantitative estimate of drug-likeness (QED) is 0.671. The summed E-state index contributed by atoms with van der Waals surface area (Å²) in [5, 5.41) is 0. The van der Waals surface area contributed by atoms with Crippen molar-refractivity contribution in [3.05, 3.63) is 0 Å². The first-order valence-corrected chi connectivity index (χ1v) is 6.01. The van der Waals surface area contributed by atoms with Crippen molar-refractivity contribution in [2.45, 2.75) is 39.0 Å². The second-order valence-electron chi connectivity index (χ2n) is 3.72. The highest BCUT2D eigenvalue weighted by Crippen LogP contribution is 2.26. The zero-order valence-corrected chi connectivity index (χ0v) is 8.66. The lowest BCUT2D eigenvalue weighted by Gasteiger charge is -2.20. The van der Waals surface area contributed by atoms with Crippen molar-refractivity contribution in [2.24, 2.45) is 5.92 Å². The minimum atomic E-state index is 0.316. The summed E-state index contributed by atoms with van der Waals surface area (Å²) in [5.74, 6) is 3.15. The third-order valence-corrected chi connectivity index (χ3v) is 3.70. The van der Waals surface area contributed by atoms with E-state index in [2.05, 4.69) is 0 Å². The predicted molar refractivity (Wildman–Crippen MR) is 54.6 cm³/mol. The van der Waals surface area contributed by atoms with Crippen molar-refractivity contribution in [1.29, 1.82) is 0 Å². The molecule has 0 spiro atoms. The molecule has 1 nitrogen and oxygen atoms in total. The van der Waals surface area contributed by atoms with Gasteiger partial charge in [-0.25, -0.2) is 0 Å². The Labute approximate surface area is 79.3 Å². The van der Waals surface area contributed by atoms with E-state index >= 15 is 0 Å². The fourth-order valence-electron chi connectivity index (χ4n) is 1.72. The molecule has 1 rings (SSSR count). The van der Waals surface area contributed by atoms with E-state index < -0.39 is 0 Å². The van der Waals surface area contributed by atoms with E-state index in [0.29, 0.717) is 5.78 Å². The van der Waals surface area contributed by atoms with Crippen LogP contribution in [0, 0.1) is 5.92 Å². The lowest BCUT2D eigenvalue weighted by atomic mass is 9.91. The van der Waals surface area contributed by atoms with Gasteiger partial charge >= 0.3 is 0 Å². The summed E-state index contributed by atoms with van der Waals surface area (Å²) < 4.78 is 0. The SMILES string of the molecule is CC(=O)CSCC1CCCCC1. The van der Waals surface area contributed by atoms with E-state index in [1.807, 2.05) is 11.8 Å². The zero-order chi connectivity index (χ0) is 8.81. The second kappa shape index (κ2) is 5.63. The van der Waals surface area contributed by atoms with Crippen LogP contribution in [0.15, 0.2) is 0 Å². The number of carbonyl (C=O) groups excluding carboxylic acids is 1. The van der Waals surface area contributed by atoms with Gasteiger partial charge in [-0.1, -0.05) is 19.3 Å². The fourth-order valence-corrected chi connectivity index (χ4v) is 2.80. The lowest BCUT2D eigenvalue weighted by Crippen LogP contribution is -2.09. The largest absolute Gasteiger partial charge is 0.299 e. The van der Waals surface area contributed by atoms with Gasteiger partial charge in [0.05, 0.1) is 5.75 Å². The Morgan fingerprint density at radius 3 is 2.58 bits per heavy atom. The molecule has 1 saturated carbocycles. The standard InChI is InChI=1S/C10H18OS/c1-9(11)7-12-8-10-5-3-2-4-6-10/h10H,2-8H2,1H3. The number of rotatable bonds is 4. The van der Waals surface area contributed by atoms with Crippen LogP contribution in [0.4, 0.5) is 0 Å². The fraction of sp³-hybridized carbons (Fsp3) is 0.900. The first-order valence-electron chi connectivity index (χ1n) is 4.86. The van der Waals surface area contributed by atoms with E-state index in [1.165, 1.54) is 37.9 Å². The summed E-state index contributed by atoms with van der Waals surface area (Å²) in [7, 11) is 0. The van der Waals surface area contributed by atoms with Crippen molar-refractivity contribution < 1.29 is 4.79 Å². The number of thioether (sulfide) groups is 1. The van der Waals surface area contributed by atoms with Crippen molar-refractivity contribution in [1.82, 2.24) is 0 Å². The van der Waals surface area contributed by atoms with Crippen LogP contribution in [-0.4, -0.2) is 17.3 Å². The highest BCUT2D eigenvalue weighted by Gasteiger charge is 2.12. The Kier molecular flexibility index (Phi) is 4.74. The molecule has 12 heavy (non-hydrogen) atoms. The van der Waals surface area contributed by atoms with Crippen molar-refractivity contribution in [3.63, 3.8) is 0 Å². The monoisotopic (exact) mass is 186 g/mol. The Morgan fingerprint density at radius 1 is 1.33 bits per heavy atom. The van der Waals surface area contributed by atoms with E-state index in [-0.39, 0.29) is 0 Å². The van der Waals surface area contributed by atoms with E-state index in [4.69, 9.17) is 0 Å². The lowest BCUT2D eigenvalue weighted by molar-refractivity contribution is -0.114. The molecular weight excluding hydrogens is 168 g/mol. The molecule has 0 aliphatic heterocycles. The van der Waals surface area contributed by atoms with Crippen LogP contribution >= 0.6 is 11.8 Å². The molecule has 1 aliphatic carbocycles. The number of carbonyl (C=O) groups is 1. The van der Waals surface area contributed by atoms with Crippen molar-refractivity contribution in [2.75, 3.05) is 11.5 Å². The molecule has 0 bridgehead atoms. The normalized spacial score (nSPS) is 19.4. The van der Waals surface area contributed by atoms with Gasteiger partial charge in [-0.3, -0.25) is 4.79 Å². The van der Waals surface area contributed by atoms with Gasteiger partial charge in [0.15, 0.2) is 0 Å². The highest BCUT2D eigenvalue weighted by atomic mass is 32.2. The third kappa shape index (κ3) is 4.15. The molecule has 2 heteroatoms. The minimum absolute atomic E-state index is 0.316. The molecule has 0 atom stereocenters. The van der Waals surface area contributed by atoms with Gasteiger partial charge in [0.2, 0.25) is 0 Å². The number of ketones is 1. The predicted octanol–water partition coefficient (Wildman–Crippen LogP) is 2.89. The van der Waals surface area contributed by atoms with Crippen molar-refractivity contribution >= 4 is 17.5 Å². The van der Waals surface area contributed by atoms with Gasteiger partial charge < -0.3 is 0 Å². The van der Waals surface area contributed by atoms with E-state index in [0.717, 1.165) is 11.7 Å². The number of Topliss-reactive ketones (excluding diaryl/α,β-unsaturated/α-hetero) is 1. The van der Waals surface area contributed by atoms with Crippen LogP contribution in [0.25, 0.3) is 0 Å². The van der Waals surface area contributed by atoms with Gasteiger partial charge in [-0.05, 0) is 31.4 Å². The first kappa shape index (κ1) is 10.1. The molecule has 0 saturated heterocycles. The molecule has 0 radical (unpaired) electrons. The topological polar surface area (TPSA) is 17.1 Å². The molecule has 0 heterocycles. The van der Waals surface area contributed by atoms with Gasteiger partial charge in [0, 0.05) is 0 Å². The maximum Gasteiger partial charge on any atom is 0.139 e. The minimum Gasteiger partial charge on any atom is -0.299 e. The van der Waals surface area contributed by atoms with E-state index in [9.17, 15) is 4.79 Å². The van der Waals surface area contributed by atoms with Crippen LogP contribution in [0.5, 0.6) is 0 Å². The van der Waals surface area contributed by atoms with Gasteiger partial charge in [0.1, 0.15) is 5.78 Å². The maximum atomic E-state index is 10.7. The summed E-state index contributed by atoms with van der Waals surface area (Å²) in [6.45, 7) is 1.67. The van der Waals surface area contributed by atoms with Crippen LogP contribution < -0.4 is 0 Å². The Bertz CT molecular complexity index is 139. The number of hydrogen-bond donors (Lipinski definition) is 0. The zero-order valence-electron chi connectivity index (χ0n) is 7.84. The van der Waals surface area contributed by atoms with Crippen LogP contribution in [0.2, 0.25) is 0 Å². The highest BCUT2D eigenvalue weighted by molar-refractivity contribution is 7.99. The molecule has 70 valence electrons. The smallest absolute Gasteiger partial charge is 0.139 e. The second-order valence-corrected chi connectivity index (χ2v) is 4.75.